The van der Waals surface area contributed by atoms with Gasteiger partial charge in [-0.3, -0.25) is 9.59 Å². The molecule has 0 radical (unpaired) electrons. The lowest BCUT2D eigenvalue weighted by molar-refractivity contribution is -0.136. The average molecular weight is 219 g/mol. The molecule has 16 heavy (non-hydrogen) atoms. The predicted molar refractivity (Wildman–Crippen MR) is 61.2 cm³/mol. The Morgan fingerprint density at radius 3 is 2.31 bits per heavy atom. The molecule has 0 aliphatic rings. The quantitative estimate of drug-likeness (QED) is 0.759. The van der Waals surface area contributed by atoms with Crippen molar-refractivity contribution in [2.75, 3.05) is 5.32 Å². The molecule has 0 aliphatic carbocycles. The maximum atomic E-state index is 11.3. The summed E-state index contributed by atoms with van der Waals surface area (Å²) in [4.78, 5) is 21.7. The zero-order valence-corrected chi connectivity index (χ0v) is 8.99. The Morgan fingerprint density at radius 2 is 1.88 bits per heavy atom. The summed E-state index contributed by atoms with van der Waals surface area (Å²) in [6.45, 7) is 5.14. The van der Waals surface area contributed by atoms with E-state index in [4.69, 9.17) is 5.11 Å². The Morgan fingerprint density at radius 1 is 1.31 bits per heavy atom. The molecular formula is C12H13NO3. The molecule has 0 heterocycles. The van der Waals surface area contributed by atoms with Gasteiger partial charge in [-0.1, -0.05) is 18.7 Å². The summed E-state index contributed by atoms with van der Waals surface area (Å²) in [6, 6.07) is 6.67. The topological polar surface area (TPSA) is 66.4 Å². The molecule has 0 atom stereocenters. The molecule has 0 fully saturated rings. The molecule has 1 amide bonds. The number of rotatable bonds is 4. The number of carboxylic acid groups (broad SMARTS) is 1. The van der Waals surface area contributed by atoms with Gasteiger partial charge in [0.2, 0.25) is 0 Å². The van der Waals surface area contributed by atoms with Gasteiger partial charge in [0.1, 0.15) is 0 Å². The minimum Gasteiger partial charge on any atom is -0.481 e. The molecule has 0 spiro atoms. The highest BCUT2D eigenvalue weighted by Gasteiger charge is 2.03. The fourth-order valence-electron chi connectivity index (χ4n) is 1.12. The Labute approximate surface area is 93.6 Å². The van der Waals surface area contributed by atoms with Gasteiger partial charge >= 0.3 is 5.97 Å². The van der Waals surface area contributed by atoms with E-state index in [1.165, 1.54) is 0 Å². The summed E-state index contributed by atoms with van der Waals surface area (Å²) in [5.41, 5.74) is 1.75. The molecule has 2 N–H and O–H groups in total. The monoisotopic (exact) mass is 219 g/mol. The van der Waals surface area contributed by atoms with Crippen LogP contribution in [0.4, 0.5) is 5.69 Å². The van der Waals surface area contributed by atoms with Gasteiger partial charge in [-0.2, -0.15) is 0 Å². The third-order valence-electron chi connectivity index (χ3n) is 1.95. The van der Waals surface area contributed by atoms with E-state index in [9.17, 15) is 9.59 Å². The molecule has 1 aromatic rings. The van der Waals surface area contributed by atoms with Gasteiger partial charge in [-0.05, 0) is 24.6 Å². The summed E-state index contributed by atoms with van der Waals surface area (Å²) in [7, 11) is 0. The minimum absolute atomic E-state index is 0.0191. The van der Waals surface area contributed by atoms with Crippen molar-refractivity contribution in [3.63, 3.8) is 0 Å². The molecule has 0 unspecified atom stereocenters. The number of anilines is 1. The lowest BCUT2D eigenvalue weighted by Crippen LogP contribution is -2.11. The van der Waals surface area contributed by atoms with E-state index in [1.54, 1.807) is 31.2 Å². The molecule has 4 heteroatoms. The molecule has 0 saturated heterocycles. The van der Waals surface area contributed by atoms with Crippen LogP contribution >= 0.6 is 0 Å². The highest BCUT2D eigenvalue weighted by Crippen LogP contribution is 2.10. The van der Waals surface area contributed by atoms with Crippen LogP contribution in [0.5, 0.6) is 0 Å². The van der Waals surface area contributed by atoms with Gasteiger partial charge in [0.15, 0.2) is 0 Å². The van der Waals surface area contributed by atoms with E-state index in [0.717, 1.165) is 0 Å². The fraction of sp³-hybridized carbons (Fsp3) is 0.167. The van der Waals surface area contributed by atoms with Gasteiger partial charge in [0.25, 0.3) is 5.91 Å². The van der Waals surface area contributed by atoms with Crippen molar-refractivity contribution in [3.8, 4) is 0 Å². The second kappa shape index (κ2) is 5.11. The van der Waals surface area contributed by atoms with Gasteiger partial charge in [0, 0.05) is 11.3 Å². The molecule has 1 aromatic carbocycles. The van der Waals surface area contributed by atoms with Crippen LogP contribution in [0.1, 0.15) is 12.5 Å². The number of carbonyl (C=O) groups is 2. The molecule has 0 bridgehead atoms. The maximum Gasteiger partial charge on any atom is 0.307 e. The lowest BCUT2D eigenvalue weighted by atomic mass is 10.1. The van der Waals surface area contributed by atoms with E-state index in [-0.39, 0.29) is 12.3 Å². The second-order valence-corrected chi connectivity index (χ2v) is 3.50. The van der Waals surface area contributed by atoms with Gasteiger partial charge in [-0.25, -0.2) is 0 Å². The summed E-state index contributed by atoms with van der Waals surface area (Å²) >= 11 is 0. The number of hydrogen-bond donors (Lipinski definition) is 2. The normalized spacial score (nSPS) is 9.56. The molecule has 0 aromatic heterocycles. The highest BCUT2D eigenvalue weighted by molar-refractivity contribution is 6.02. The summed E-state index contributed by atoms with van der Waals surface area (Å²) < 4.78 is 0. The highest BCUT2D eigenvalue weighted by atomic mass is 16.4. The molecule has 0 aliphatic heterocycles. The SMILES string of the molecule is C=C(C)C(=O)Nc1ccc(CC(=O)O)cc1. The minimum atomic E-state index is -0.876. The van der Waals surface area contributed by atoms with Crippen LogP contribution in [-0.4, -0.2) is 17.0 Å². The van der Waals surface area contributed by atoms with Crippen LogP contribution in [0.3, 0.4) is 0 Å². The van der Waals surface area contributed by atoms with Crippen molar-refractivity contribution < 1.29 is 14.7 Å². The van der Waals surface area contributed by atoms with Crippen LogP contribution in [0.25, 0.3) is 0 Å². The average Bonchev–Trinajstić information content (AvgIpc) is 2.20. The number of carboxylic acids is 1. The Balaban J connectivity index is 2.68. The van der Waals surface area contributed by atoms with Crippen molar-refractivity contribution in [2.24, 2.45) is 0 Å². The number of nitrogens with one attached hydrogen (secondary N) is 1. The number of aliphatic carboxylic acids is 1. The van der Waals surface area contributed by atoms with E-state index in [2.05, 4.69) is 11.9 Å². The number of amides is 1. The van der Waals surface area contributed by atoms with Crippen molar-refractivity contribution >= 4 is 17.6 Å². The van der Waals surface area contributed by atoms with Gasteiger partial charge < -0.3 is 10.4 Å². The Hall–Kier alpha value is -2.10. The van der Waals surface area contributed by atoms with E-state index < -0.39 is 5.97 Å². The van der Waals surface area contributed by atoms with Crippen molar-refractivity contribution in [3.05, 3.63) is 42.0 Å². The van der Waals surface area contributed by atoms with Crippen molar-refractivity contribution in [1.82, 2.24) is 0 Å². The predicted octanol–water partition coefficient (Wildman–Crippen LogP) is 1.83. The molecule has 84 valence electrons. The van der Waals surface area contributed by atoms with Crippen LogP contribution in [-0.2, 0) is 16.0 Å². The zero-order chi connectivity index (χ0) is 12.1. The first-order valence-electron chi connectivity index (χ1n) is 4.76. The van der Waals surface area contributed by atoms with Crippen LogP contribution in [0.15, 0.2) is 36.4 Å². The standard InChI is InChI=1S/C12H13NO3/c1-8(2)12(16)13-10-5-3-9(4-6-10)7-11(14)15/h3-6H,1,7H2,2H3,(H,13,16)(H,14,15). The van der Waals surface area contributed by atoms with E-state index >= 15 is 0 Å². The largest absolute Gasteiger partial charge is 0.481 e. The second-order valence-electron chi connectivity index (χ2n) is 3.50. The molecular weight excluding hydrogens is 206 g/mol. The third kappa shape index (κ3) is 3.57. The molecule has 4 nitrogen and oxygen atoms in total. The Bertz CT molecular complexity index is 420. The number of hydrogen-bond acceptors (Lipinski definition) is 2. The number of benzene rings is 1. The van der Waals surface area contributed by atoms with Crippen LogP contribution in [0.2, 0.25) is 0 Å². The summed E-state index contributed by atoms with van der Waals surface area (Å²) in [6.07, 6.45) is -0.0191. The smallest absolute Gasteiger partial charge is 0.307 e. The first kappa shape index (κ1) is 12.0. The Kier molecular flexibility index (Phi) is 3.83. The zero-order valence-electron chi connectivity index (χ0n) is 8.99. The maximum absolute atomic E-state index is 11.3. The fourth-order valence-corrected chi connectivity index (χ4v) is 1.12. The third-order valence-corrected chi connectivity index (χ3v) is 1.95. The van der Waals surface area contributed by atoms with Crippen LogP contribution < -0.4 is 5.32 Å². The van der Waals surface area contributed by atoms with E-state index in [0.29, 0.717) is 16.8 Å². The number of carbonyl (C=O) groups excluding carboxylic acids is 1. The molecule has 1 rings (SSSR count). The first-order valence-corrected chi connectivity index (χ1v) is 4.76. The van der Waals surface area contributed by atoms with Crippen LogP contribution in [0, 0.1) is 0 Å². The van der Waals surface area contributed by atoms with Gasteiger partial charge in [0.05, 0.1) is 6.42 Å². The summed E-state index contributed by atoms with van der Waals surface area (Å²) in [5.74, 6) is -1.12. The van der Waals surface area contributed by atoms with Crippen molar-refractivity contribution in [1.29, 1.82) is 0 Å². The van der Waals surface area contributed by atoms with Gasteiger partial charge in [-0.15, -0.1) is 0 Å². The first-order chi connectivity index (χ1) is 7.49. The van der Waals surface area contributed by atoms with E-state index in [1.807, 2.05) is 0 Å². The lowest BCUT2D eigenvalue weighted by Gasteiger charge is -2.05. The van der Waals surface area contributed by atoms with Crippen molar-refractivity contribution in [2.45, 2.75) is 13.3 Å². The summed E-state index contributed by atoms with van der Waals surface area (Å²) in [5, 5.41) is 11.2. The molecule has 0 saturated carbocycles.